The quantitative estimate of drug-likeness (QED) is 0.214. The average molecular weight is 127 g/mol. The van der Waals surface area contributed by atoms with Gasteiger partial charge in [0.1, 0.15) is 5.97 Å². The molecule has 8 heavy (non-hydrogen) atoms. The standard InChI is InChI=1S/C4H6O3.Na/c1-2-3(5)4(6)7;/h2H2,1H3,(H,6,7);/q;+1/p-1/i1+1,2D2;. The molecule has 40 valence electrons. The molecule has 0 amide bonds. The molecule has 0 aliphatic rings. The first kappa shape index (κ1) is 6.26. The van der Waals surface area contributed by atoms with Gasteiger partial charge in [0.2, 0.25) is 0 Å². The van der Waals surface area contributed by atoms with Gasteiger partial charge in [0, 0.05) is 9.11 Å². The summed E-state index contributed by atoms with van der Waals surface area (Å²) in [6, 6.07) is 0. The SMILES string of the molecule is [2H]C([2H])([13CH3])C(=O)C(=O)[O-].[Na+]. The summed E-state index contributed by atoms with van der Waals surface area (Å²) in [6.07, 6.45) is -2.32. The molecular formula is C4H5NaO3. The van der Waals surface area contributed by atoms with Gasteiger partial charge in [-0.3, -0.25) is 4.79 Å². The van der Waals surface area contributed by atoms with Crippen molar-refractivity contribution in [3.63, 3.8) is 0 Å². The van der Waals surface area contributed by atoms with Gasteiger partial charge in [0.05, 0.1) is 0 Å². The summed E-state index contributed by atoms with van der Waals surface area (Å²) in [6.45, 7) is 0.866. The molecule has 0 aromatic carbocycles. The van der Waals surface area contributed by atoms with E-state index in [4.69, 9.17) is 2.74 Å². The Morgan fingerprint density at radius 2 is 2.12 bits per heavy atom. The van der Waals surface area contributed by atoms with E-state index in [1.165, 1.54) is 0 Å². The van der Waals surface area contributed by atoms with Crippen LogP contribution in [0.5, 0.6) is 0 Å². The number of Topliss-reactive ketones (excluding diaryl/α,β-unsaturated/α-hetero) is 1. The predicted octanol–water partition coefficient (Wildman–Crippen LogP) is -4.28. The maximum atomic E-state index is 10.1. The Labute approximate surface area is 72.2 Å². The van der Waals surface area contributed by atoms with Crippen molar-refractivity contribution in [2.45, 2.75) is 13.3 Å². The van der Waals surface area contributed by atoms with Crippen molar-refractivity contribution in [3.05, 3.63) is 0 Å². The van der Waals surface area contributed by atoms with Crippen LogP contribution in [0.1, 0.15) is 16.0 Å². The summed E-state index contributed by atoms with van der Waals surface area (Å²) in [7, 11) is 0. The Bertz CT molecular complexity index is 151. The van der Waals surface area contributed by atoms with Crippen LogP contribution in [0.2, 0.25) is 0 Å². The first-order valence-electron chi connectivity index (χ1n) is 2.61. The van der Waals surface area contributed by atoms with Gasteiger partial charge in [-0.05, 0) is 0 Å². The fraction of sp³-hybridized carbons (Fsp3) is 0.500. The molecule has 0 N–H and O–H groups in total. The summed E-state index contributed by atoms with van der Waals surface area (Å²) < 4.78 is 13.1. The molecule has 0 aliphatic carbocycles. The van der Waals surface area contributed by atoms with Crippen LogP contribution in [0.25, 0.3) is 0 Å². The van der Waals surface area contributed by atoms with Gasteiger partial charge < -0.3 is 9.90 Å². The van der Waals surface area contributed by atoms with Gasteiger partial charge in [-0.15, -0.1) is 0 Å². The minimum absolute atomic E-state index is 0. The summed E-state index contributed by atoms with van der Waals surface area (Å²) in [5, 5.41) is 9.65. The van der Waals surface area contributed by atoms with Gasteiger partial charge in [-0.1, -0.05) is 6.92 Å². The van der Waals surface area contributed by atoms with Crippen LogP contribution >= 0.6 is 0 Å². The summed E-state index contributed by atoms with van der Waals surface area (Å²) in [5.74, 6) is -3.51. The first-order valence-corrected chi connectivity index (χ1v) is 1.61. The third kappa shape index (κ3) is 4.30. The fourth-order valence-corrected chi connectivity index (χ4v) is 0.102. The van der Waals surface area contributed by atoms with Crippen molar-refractivity contribution in [1.29, 1.82) is 0 Å². The molecule has 0 saturated heterocycles. The van der Waals surface area contributed by atoms with Crippen molar-refractivity contribution in [2.24, 2.45) is 0 Å². The van der Waals surface area contributed by atoms with Crippen molar-refractivity contribution in [1.82, 2.24) is 0 Å². The number of carbonyl (C=O) groups excluding carboxylic acids is 2. The molecule has 0 radical (unpaired) electrons. The molecule has 0 aromatic heterocycles. The summed E-state index contributed by atoms with van der Waals surface area (Å²) in [5.41, 5.74) is 0. The molecule has 0 aromatic rings. The van der Waals surface area contributed by atoms with Gasteiger partial charge in [0.15, 0.2) is 5.78 Å². The van der Waals surface area contributed by atoms with E-state index in [0.29, 0.717) is 0 Å². The second kappa shape index (κ2) is 5.28. The minimum Gasteiger partial charge on any atom is -0.542 e. The van der Waals surface area contributed by atoms with Crippen molar-refractivity contribution >= 4 is 11.8 Å². The predicted molar refractivity (Wildman–Crippen MR) is 20.3 cm³/mol. The van der Waals surface area contributed by atoms with Gasteiger partial charge in [0.25, 0.3) is 0 Å². The molecule has 0 rings (SSSR count). The van der Waals surface area contributed by atoms with E-state index in [1.807, 2.05) is 0 Å². The molecule has 0 saturated carbocycles. The van der Waals surface area contributed by atoms with Crippen molar-refractivity contribution in [3.8, 4) is 0 Å². The van der Waals surface area contributed by atoms with Crippen molar-refractivity contribution < 1.29 is 47.0 Å². The van der Waals surface area contributed by atoms with E-state index in [9.17, 15) is 14.7 Å². The minimum atomic E-state index is -2.32. The molecular weight excluding hydrogens is 120 g/mol. The van der Waals surface area contributed by atoms with Crippen LogP contribution in [-0.4, -0.2) is 11.8 Å². The third-order valence-electron chi connectivity index (χ3n) is 0.412. The zero-order valence-electron chi connectivity index (χ0n) is 6.72. The van der Waals surface area contributed by atoms with Crippen LogP contribution in [0.4, 0.5) is 0 Å². The maximum Gasteiger partial charge on any atom is 1.00 e. The van der Waals surface area contributed by atoms with Crippen LogP contribution in [-0.2, 0) is 9.59 Å². The molecule has 3 nitrogen and oxygen atoms in total. The summed E-state index contributed by atoms with van der Waals surface area (Å²) in [4.78, 5) is 19.8. The molecule has 0 atom stereocenters. The van der Waals surface area contributed by atoms with E-state index < -0.39 is 18.1 Å². The molecule has 0 heterocycles. The second-order valence-corrected chi connectivity index (χ2v) is 0.867. The number of hydrogen-bond donors (Lipinski definition) is 0. The number of carboxylic acids is 1. The van der Waals surface area contributed by atoms with E-state index in [-0.39, 0.29) is 29.6 Å². The molecule has 0 spiro atoms. The number of carboxylic acid groups (broad SMARTS) is 1. The van der Waals surface area contributed by atoms with Crippen LogP contribution < -0.4 is 34.7 Å². The van der Waals surface area contributed by atoms with Crippen LogP contribution in [0.15, 0.2) is 0 Å². The number of carbonyl (C=O) groups is 2. The number of rotatable bonds is 2. The van der Waals surface area contributed by atoms with E-state index in [0.717, 1.165) is 6.92 Å². The Morgan fingerprint density at radius 1 is 1.75 bits per heavy atom. The molecule has 4 heteroatoms. The second-order valence-electron chi connectivity index (χ2n) is 0.867. The zero-order chi connectivity index (χ0) is 7.65. The van der Waals surface area contributed by atoms with Crippen molar-refractivity contribution in [2.75, 3.05) is 0 Å². The van der Waals surface area contributed by atoms with Crippen LogP contribution in [0.3, 0.4) is 0 Å². The van der Waals surface area contributed by atoms with Crippen LogP contribution in [0, 0.1) is 0 Å². The normalized spacial score (nSPS) is 12.6. The number of ketones is 1. The molecule has 0 fully saturated rings. The Kier molecular flexibility index (Phi) is 4.13. The maximum absolute atomic E-state index is 10.1. The van der Waals surface area contributed by atoms with E-state index in [2.05, 4.69) is 0 Å². The number of hydrogen-bond acceptors (Lipinski definition) is 3. The number of aliphatic carboxylic acids is 1. The first-order chi connectivity index (χ1) is 3.85. The molecule has 0 unspecified atom stereocenters. The average Bonchev–Trinajstić information content (AvgIpc) is 1.62. The third-order valence-corrected chi connectivity index (χ3v) is 0.412. The Morgan fingerprint density at radius 3 is 2.12 bits per heavy atom. The summed E-state index contributed by atoms with van der Waals surface area (Å²) >= 11 is 0. The smallest absolute Gasteiger partial charge is 0.542 e. The topological polar surface area (TPSA) is 57.2 Å². The Hall–Kier alpha value is 0.140. The fourth-order valence-electron chi connectivity index (χ4n) is 0.102. The van der Waals surface area contributed by atoms with Gasteiger partial charge in [-0.25, -0.2) is 0 Å². The molecule has 0 aliphatic heterocycles. The van der Waals surface area contributed by atoms with E-state index >= 15 is 0 Å². The Balaban J connectivity index is 0. The largest absolute Gasteiger partial charge is 1.00 e. The van der Waals surface area contributed by atoms with E-state index in [1.54, 1.807) is 0 Å². The molecule has 0 bridgehead atoms. The van der Waals surface area contributed by atoms with Gasteiger partial charge in [-0.2, -0.15) is 0 Å². The zero-order valence-corrected chi connectivity index (χ0v) is 6.72. The van der Waals surface area contributed by atoms with Gasteiger partial charge >= 0.3 is 29.6 Å². The monoisotopic (exact) mass is 127 g/mol.